The molecule has 1 N–H and O–H groups in total. The number of nitrogens with zero attached hydrogens (tertiary/aromatic N) is 1. The summed E-state index contributed by atoms with van der Waals surface area (Å²) in [5.41, 5.74) is 1.24. The fourth-order valence-corrected chi connectivity index (χ4v) is 2.57. The van der Waals surface area contributed by atoms with Gasteiger partial charge in [-0.2, -0.15) is 0 Å². The number of benzene rings is 1. The molecule has 20 heavy (non-hydrogen) atoms. The highest BCUT2D eigenvalue weighted by molar-refractivity contribution is 5.69. The van der Waals surface area contributed by atoms with Gasteiger partial charge in [0.1, 0.15) is 5.75 Å². The average molecular weight is 274 g/mol. The number of hydrogen-bond donors (Lipinski definition) is 1. The van der Waals surface area contributed by atoms with Crippen molar-refractivity contribution in [2.45, 2.75) is 19.4 Å². The van der Waals surface area contributed by atoms with Gasteiger partial charge in [-0.3, -0.25) is 9.69 Å². The summed E-state index contributed by atoms with van der Waals surface area (Å²) in [7, 11) is 0. The lowest BCUT2D eigenvalue weighted by Crippen LogP contribution is -2.45. The van der Waals surface area contributed by atoms with Gasteiger partial charge in [0.05, 0.1) is 0 Å². The summed E-state index contributed by atoms with van der Waals surface area (Å²) in [6.07, 6.45) is 2.89. The molecule has 0 radical (unpaired) electrons. The number of piperazine rings is 1. The van der Waals surface area contributed by atoms with Crippen LogP contribution in [0.15, 0.2) is 36.9 Å². The normalized spacial score (nSPS) is 17.4. The largest absolute Gasteiger partial charge is 0.427 e. The van der Waals surface area contributed by atoms with Crippen molar-refractivity contribution in [3.05, 3.63) is 42.5 Å². The second-order valence-electron chi connectivity index (χ2n) is 4.99. The number of hydrogen-bond acceptors (Lipinski definition) is 4. The van der Waals surface area contributed by atoms with E-state index in [1.807, 2.05) is 30.3 Å². The van der Waals surface area contributed by atoms with Gasteiger partial charge in [-0.15, -0.1) is 6.58 Å². The molecule has 0 aliphatic carbocycles. The molecule has 0 amide bonds. The Kier molecular flexibility index (Phi) is 5.32. The first-order valence-electron chi connectivity index (χ1n) is 7.04. The van der Waals surface area contributed by atoms with E-state index < -0.39 is 0 Å². The third-order valence-corrected chi connectivity index (χ3v) is 3.51. The number of carbonyl (C=O) groups excluding carboxylic acids is 1. The maximum atomic E-state index is 10.9. The highest BCUT2D eigenvalue weighted by atomic mass is 16.5. The van der Waals surface area contributed by atoms with Crippen LogP contribution in [-0.2, 0) is 4.79 Å². The minimum atomic E-state index is -0.289. The van der Waals surface area contributed by atoms with Crippen LogP contribution in [0.25, 0.3) is 0 Å². The molecule has 1 aliphatic rings. The van der Waals surface area contributed by atoms with Crippen LogP contribution in [0.5, 0.6) is 5.75 Å². The van der Waals surface area contributed by atoms with Gasteiger partial charge < -0.3 is 10.1 Å². The molecule has 0 bridgehead atoms. The predicted molar refractivity (Wildman–Crippen MR) is 79.7 cm³/mol. The fraction of sp³-hybridized carbons (Fsp3) is 0.438. The lowest BCUT2D eigenvalue weighted by molar-refractivity contribution is -0.131. The lowest BCUT2D eigenvalue weighted by atomic mass is 10.0. The Hall–Kier alpha value is -1.65. The van der Waals surface area contributed by atoms with Crippen molar-refractivity contribution < 1.29 is 9.53 Å². The van der Waals surface area contributed by atoms with Crippen molar-refractivity contribution in [1.29, 1.82) is 0 Å². The van der Waals surface area contributed by atoms with Crippen LogP contribution >= 0.6 is 0 Å². The molecule has 4 nitrogen and oxygen atoms in total. The molecular weight excluding hydrogens is 252 g/mol. The predicted octanol–water partition coefficient (Wildman–Crippen LogP) is 2.13. The van der Waals surface area contributed by atoms with Crippen LogP contribution < -0.4 is 10.1 Å². The third kappa shape index (κ3) is 3.92. The van der Waals surface area contributed by atoms with E-state index in [4.69, 9.17) is 4.74 Å². The van der Waals surface area contributed by atoms with E-state index in [2.05, 4.69) is 16.8 Å². The molecule has 1 aromatic carbocycles. The van der Waals surface area contributed by atoms with Gasteiger partial charge in [-0.25, -0.2) is 0 Å². The van der Waals surface area contributed by atoms with E-state index in [-0.39, 0.29) is 5.97 Å². The van der Waals surface area contributed by atoms with Crippen LogP contribution in [0.2, 0.25) is 0 Å². The zero-order valence-electron chi connectivity index (χ0n) is 12.0. The first-order chi connectivity index (χ1) is 9.70. The van der Waals surface area contributed by atoms with Gasteiger partial charge in [0.2, 0.25) is 0 Å². The Balaban J connectivity index is 2.11. The van der Waals surface area contributed by atoms with Crippen molar-refractivity contribution in [3.63, 3.8) is 0 Å². The molecule has 0 aromatic heterocycles. The van der Waals surface area contributed by atoms with E-state index in [0.29, 0.717) is 11.8 Å². The van der Waals surface area contributed by atoms with Crippen molar-refractivity contribution in [1.82, 2.24) is 10.2 Å². The second-order valence-corrected chi connectivity index (χ2v) is 4.99. The van der Waals surface area contributed by atoms with E-state index in [9.17, 15) is 4.79 Å². The topological polar surface area (TPSA) is 41.6 Å². The molecular formula is C16H22N2O2. The van der Waals surface area contributed by atoms with Crippen LogP contribution in [0, 0.1) is 0 Å². The first kappa shape index (κ1) is 14.8. The molecule has 2 rings (SSSR count). The Morgan fingerprint density at radius 3 is 2.60 bits per heavy atom. The fourth-order valence-electron chi connectivity index (χ4n) is 2.57. The van der Waals surface area contributed by atoms with Crippen molar-refractivity contribution in [2.75, 3.05) is 26.2 Å². The smallest absolute Gasteiger partial charge is 0.308 e. The van der Waals surface area contributed by atoms with Crippen LogP contribution in [0.3, 0.4) is 0 Å². The standard InChI is InChI=1S/C16H22N2O2/c1-3-4-16(18-11-9-17-10-12-18)14-5-7-15(8-6-14)20-13(2)19/h3,5-8,16-17H,1,4,9-12H2,2H3/t16-/m1/s1. The molecule has 1 fully saturated rings. The third-order valence-electron chi connectivity index (χ3n) is 3.51. The van der Waals surface area contributed by atoms with Crippen molar-refractivity contribution in [2.24, 2.45) is 0 Å². The number of carbonyl (C=O) groups is 1. The quantitative estimate of drug-likeness (QED) is 0.507. The van der Waals surface area contributed by atoms with Crippen LogP contribution in [0.1, 0.15) is 24.9 Å². The first-order valence-corrected chi connectivity index (χ1v) is 7.04. The highest BCUT2D eigenvalue weighted by Crippen LogP contribution is 2.26. The Bertz CT molecular complexity index is 450. The van der Waals surface area contributed by atoms with E-state index in [1.165, 1.54) is 12.5 Å². The maximum Gasteiger partial charge on any atom is 0.308 e. The van der Waals surface area contributed by atoms with E-state index in [0.717, 1.165) is 32.6 Å². The Morgan fingerprint density at radius 2 is 2.05 bits per heavy atom. The molecule has 0 saturated carbocycles. The minimum Gasteiger partial charge on any atom is -0.427 e. The van der Waals surface area contributed by atoms with E-state index in [1.54, 1.807) is 0 Å². The monoisotopic (exact) mass is 274 g/mol. The molecule has 108 valence electrons. The summed E-state index contributed by atoms with van der Waals surface area (Å²) in [4.78, 5) is 13.4. The van der Waals surface area contributed by atoms with E-state index >= 15 is 0 Å². The average Bonchev–Trinajstić information content (AvgIpc) is 2.46. The number of esters is 1. The molecule has 1 aromatic rings. The molecule has 1 atom stereocenters. The summed E-state index contributed by atoms with van der Waals surface area (Å²) in [6.45, 7) is 9.42. The summed E-state index contributed by atoms with van der Waals surface area (Å²) >= 11 is 0. The Morgan fingerprint density at radius 1 is 1.40 bits per heavy atom. The highest BCUT2D eigenvalue weighted by Gasteiger charge is 2.20. The minimum absolute atomic E-state index is 0.289. The Labute approximate surface area is 120 Å². The number of rotatable bonds is 5. The summed E-state index contributed by atoms with van der Waals surface area (Å²) < 4.78 is 5.07. The maximum absolute atomic E-state index is 10.9. The van der Waals surface area contributed by atoms with Gasteiger partial charge in [-0.05, 0) is 24.1 Å². The summed E-state index contributed by atoms with van der Waals surface area (Å²) in [5.74, 6) is 0.307. The SMILES string of the molecule is C=CC[C@H](c1ccc(OC(C)=O)cc1)N1CCNCC1. The van der Waals surface area contributed by atoms with Gasteiger partial charge >= 0.3 is 5.97 Å². The zero-order valence-corrected chi connectivity index (χ0v) is 12.0. The van der Waals surface area contributed by atoms with Crippen LogP contribution in [0.4, 0.5) is 0 Å². The number of ether oxygens (including phenoxy) is 1. The second kappa shape index (κ2) is 7.22. The number of nitrogens with one attached hydrogen (secondary N) is 1. The molecule has 0 unspecified atom stereocenters. The zero-order chi connectivity index (χ0) is 14.4. The van der Waals surface area contributed by atoms with Gasteiger partial charge in [-0.1, -0.05) is 18.2 Å². The van der Waals surface area contributed by atoms with Crippen LogP contribution in [-0.4, -0.2) is 37.0 Å². The summed E-state index contributed by atoms with van der Waals surface area (Å²) in [6, 6.07) is 8.13. The lowest BCUT2D eigenvalue weighted by Gasteiger charge is -2.34. The van der Waals surface area contributed by atoms with Crippen molar-refractivity contribution in [3.8, 4) is 5.75 Å². The van der Waals surface area contributed by atoms with Gasteiger partial charge in [0.15, 0.2) is 0 Å². The molecule has 1 heterocycles. The van der Waals surface area contributed by atoms with Gasteiger partial charge in [0, 0.05) is 39.1 Å². The molecule has 1 saturated heterocycles. The van der Waals surface area contributed by atoms with Gasteiger partial charge in [0.25, 0.3) is 0 Å². The molecule has 4 heteroatoms. The molecule has 0 spiro atoms. The molecule has 1 aliphatic heterocycles. The summed E-state index contributed by atoms with van der Waals surface area (Å²) in [5, 5.41) is 3.37. The van der Waals surface area contributed by atoms with Crippen molar-refractivity contribution >= 4 is 5.97 Å².